The predicted molar refractivity (Wildman–Crippen MR) is 119 cm³/mol. The first-order valence-corrected chi connectivity index (χ1v) is 10.1. The van der Waals surface area contributed by atoms with Crippen LogP contribution in [0.4, 0.5) is 24.7 Å². The molecule has 6 nitrogen and oxygen atoms in total. The van der Waals surface area contributed by atoms with Crippen molar-refractivity contribution in [3.63, 3.8) is 0 Å². The zero-order valence-electron chi connectivity index (χ0n) is 17.5. The molecule has 2 rings (SSSR count). The molecule has 1 aromatic heterocycles. The number of hydrogen-bond donors (Lipinski definition) is 2. The average Bonchev–Trinajstić information content (AvgIpc) is 2.71. The van der Waals surface area contributed by atoms with E-state index in [4.69, 9.17) is 17.0 Å². The summed E-state index contributed by atoms with van der Waals surface area (Å²) in [4.78, 5) is 18.2. The maximum atomic E-state index is 13.4. The molecule has 0 aliphatic carbocycles. The quantitative estimate of drug-likeness (QED) is 0.439. The number of hydrogen-bond acceptors (Lipinski definition) is 5. The van der Waals surface area contributed by atoms with Crippen LogP contribution in [0.15, 0.2) is 36.5 Å². The summed E-state index contributed by atoms with van der Waals surface area (Å²) in [7, 11) is 3.63. The minimum Gasteiger partial charge on any atom is -0.493 e. The number of aromatic nitrogens is 1. The Hall–Kier alpha value is -2.88. The van der Waals surface area contributed by atoms with E-state index < -0.39 is 17.6 Å². The van der Waals surface area contributed by atoms with Crippen molar-refractivity contribution >= 4 is 34.7 Å². The molecule has 2 aromatic rings. The molecule has 31 heavy (non-hydrogen) atoms. The lowest BCUT2D eigenvalue weighted by Gasteiger charge is -2.16. The van der Waals surface area contributed by atoms with Crippen molar-refractivity contribution in [1.82, 2.24) is 10.3 Å². The lowest BCUT2D eigenvalue weighted by molar-refractivity contribution is -0.138. The Bertz CT molecular complexity index is 902. The van der Waals surface area contributed by atoms with Crippen LogP contribution in [0, 0.1) is 0 Å². The lowest BCUT2D eigenvalue weighted by Crippen LogP contribution is -2.34. The lowest BCUT2D eigenvalue weighted by atomic mass is 10.1. The van der Waals surface area contributed by atoms with Crippen LogP contribution in [0.1, 0.15) is 42.1 Å². The van der Waals surface area contributed by atoms with Gasteiger partial charge in [0.1, 0.15) is 11.6 Å². The van der Waals surface area contributed by atoms with Gasteiger partial charge < -0.3 is 15.0 Å². The van der Waals surface area contributed by atoms with Crippen molar-refractivity contribution in [2.45, 2.75) is 32.4 Å². The Morgan fingerprint density at radius 3 is 2.52 bits per heavy atom. The summed E-state index contributed by atoms with van der Waals surface area (Å²) >= 11 is 5.06. The van der Waals surface area contributed by atoms with Crippen LogP contribution in [0.3, 0.4) is 0 Å². The van der Waals surface area contributed by atoms with Gasteiger partial charge in [0.25, 0.3) is 5.91 Å². The molecule has 0 saturated carbocycles. The molecule has 0 atom stereocenters. The molecular formula is C21H25F3N4O2S. The number of carbonyl (C=O) groups excluding carboxylic acids is 1. The molecule has 0 bridgehead atoms. The van der Waals surface area contributed by atoms with Crippen LogP contribution in [0.5, 0.6) is 5.75 Å². The molecule has 2 N–H and O–H groups in total. The molecule has 0 spiro atoms. The Balaban J connectivity index is 2.05. The Morgan fingerprint density at radius 1 is 1.19 bits per heavy atom. The smallest absolute Gasteiger partial charge is 0.420 e. The standard InChI is InChI=1S/C21H25F3N4O2S/c1-4-5-6-11-30-17-9-8-15(12-16(17)21(22,23)24)26-20(31)27-19(29)14-7-10-18(25-13-14)28(2)3/h7-10,12-13H,4-6,11H2,1-3H3,(H2,26,27,29,31). The number of carbonyl (C=O) groups is 1. The summed E-state index contributed by atoms with van der Waals surface area (Å²) < 4.78 is 45.6. The summed E-state index contributed by atoms with van der Waals surface area (Å²) in [5.74, 6) is -0.0904. The maximum absolute atomic E-state index is 13.4. The summed E-state index contributed by atoms with van der Waals surface area (Å²) in [6, 6.07) is 6.80. The van der Waals surface area contributed by atoms with Crippen LogP contribution in [0.2, 0.25) is 0 Å². The van der Waals surface area contributed by atoms with Gasteiger partial charge >= 0.3 is 6.18 Å². The highest BCUT2D eigenvalue weighted by molar-refractivity contribution is 7.80. The molecule has 0 aliphatic heterocycles. The Morgan fingerprint density at radius 2 is 1.94 bits per heavy atom. The molecule has 0 radical (unpaired) electrons. The van der Waals surface area contributed by atoms with Crippen molar-refractivity contribution in [3.05, 3.63) is 47.7 Å². The number of rotatable bonds is 8. The number of unbranched alkanes of at least 4 members (excludes halogenated alkanes) is 2. The third kappa shape index (κ3) is 7.39. The van der Waals surface area contributed by atoms with Crippen molar-refractivity contribution in [1.29, 1.82) is 0 Å². The Labute approximate surface area is 184 Å². The van der Waals surface area contributed by atoms with E-state index in [2.05, 4.69) is 15.6 Å². The van der Waals surface area contributed by atoms with Crippen LogP contribution < -0.4 is 20.3 Å². The van der Waals surface area contributed by atoms with E-state index in [1.807, 2.05) is 21.0 Å². The molecule has 0 saturated heterocycles. The Kier molecular flexibility index (Phi) is 8.61. The minimum absolute atomic E-state index is 0.0830. The fraction of sp³-hybridized carbons (Fsp3) is 0.381. The number of amides is 1. The SMILES string of the molecule is CCCCCOc1ccc(NC(=S)NC(=O)c2ccc(N(C)C)nc2)cc1C(F)(F)F. The van der Waals surface area contributed by atoms with E-state index in [-0.39, 0.29) is 28.7 Å². The average molecular weight is 455 g/mol. The number of halogens is 3. The van der Waals surface area contributed by atoms with Gasteiger partial charge in [-0.3, -0.25) is 10.1 Å². The maximum Gasteiger partial charge on any atom is 0.420 e. The molecular weight excluding hydrogens is 429 g/mol. The largest absolute Gasteiger partial charge is 0.493 e. The van der Waals surface area contributed by atoms with E-state index in [1.165, 1.54) is 18.3 Å². The van der Waals surface area contributed by atoms with E-state index in [0.717, 1.165) is 18.9 Å². The number of thiocarbonyl (C=S) groups is 1. The van der Waals surface area contributed by atoms with Crippen LogP contribution in [0.25, 0.3) is 0 Å². The van der Waals surface area contributed by atoms with E-state index in [9.17, 15) is 18.0 Å². The van der Waals surface area contributed by atoms with E-state index >= 15 is 0 Å². The van der Waals surface area contributed by atoms with Crippen LogP contribution in [-0.4, -0.2) is 36.7 Å². The summed E-state index contributed by atoms with van der Waals surface area (Å²) in [6.07, 6.45) is -0.712. The van der Waals surface area contributed by atoms with Gasteiger partial charge in [-0.2, -0.15) is 13.2 Å². The van der Waals surface area contributed by atoms with Crippen LogP contribution in [-0.2, 0) is 6.18 Å². The van der Waals surface area contributed by atoms with Gasteiger partial charge in [0.2, 0.25) is 0 Å². The molecule has 0 aliphatic rings. The first-order valence-electron chi connectivity index (χ1n) is 9.71. The van der Waals surface area contributed by atoms with Crippen molar-refractivity contribution in [3.8, 4) is 5.75 Å². The third-order valence-corrected chi connectivity index (χ3v) is 4.45. The van der Waals surface area contributed by atoms with Gasteiger partial charge in [0, 0.05) is 26.0 Å². The molecule has 1 aromatic carbocycles. The highest BCUT2D eigenvalue weighted by atomic mass is 32.1. The third-order valence-electron chi connectivity index (χ3n) is 4.24. The van der Waals surface area contributed by atoms with Crippen molar-refractivity contribution in [2.24, 2.45) is 0 Å². The van der Waals surface area contributed by atoms with Crippen molar-refractivity contribution < 1.29 is 22.7 Å². The number of alkyl halides is 3. The molecule has 1 amide bonds. The summed E-state index contributed by atoms with van der Waals surface area (Å²) in [5, 5.41) is 4.90. The highest BCUT2D eigenvalue weighted by Crippen LogP contribution is 2.38. The fourth-order valence-electron chi connectivity index (χ4n) is 2.61. The number of nitrogens with one attached hydrogen (secondary N) is 2. The monoisotopic (exact) mass is 454 g/mol. The topological polar surface area (TPSA) is 66.5 Å². The van der Waals surface area contributed by atoms with Crippen LogP contribution >= 0.6 is 12.2 Å². The second-order valence-corrected chi connectivity index (χ2v) is 7.38. The molecule has 0 fully saturated rings. The normalized spacial score (nSPS) is 11.0. The predicted octanol–water partition coefficient (Wildman–Crippen LogP) is 4.86. The van der Waals surface area contributed by atoms with Gasteiger partial charge in [0.05, 0.1) is 17.7 Å². The van der Waals surface area contributed by atoms with Gasteiger partial charge in [-0.1, -0.05) is 19.8 Å². The van der Waals surface area contributed by atoms with Gasteiger partial charge in [-0.05, 0) is 49.0 Å². The first kappa shape index (κ1) is 24.4. The summed E-state index contributed by atoms with van der Waals surface area (Å²) in [5.41, 5.74) is -0.562. The van der Waals surface area contributed by atoms with Gasteiger partial charge in [0.15, 0.2) is 5.11 Å². The fourth-order valence-corrected chi connectivity index (χ4v) is 2.82. The number of anilines is 2. The van der Waals surface area contributed by atoms with Crippen molar-refractivity contribution in [2.75, 3.05) is 30.9 Å². The van der Waals surface area contributed by atoms with Gasteiger partial charge in [-0.15, -0.1) is 0 Å². The molecule has 0 unspecified atom stereocenters. The minimum atomic E-state index is -4.59. The second-order valence-electron chi connectivity index (χ2n) is 6.97. The zero-order valence-corrected chi connectivity index (χ0v) is 18.4. The number of nitrogens with zero attached hydrogens (tertiary/aromatic N) is 2. The molecule has 10 heteroatoms. The second kappa shape index (κ2) is 10.9. The zero-order chi connectivity index (χ0) is 23.0. The van der Waals surface area contributed by atoms with E-state index in [1.54, 1.807) is 17.0 Å². The first-order chi connectivity index (χ1) is 14.6. The summed E-state index contributed by atoms with van der Waals surface area (Å²) in [6.45, 7) is 2.21. The number of benzene rings is 1. The van der Waals surface area contributed by atoms with Gasteiger partial charge in [-0.25, -0.2) is 4.98 Å². The molecule has 168 valence electrons. The number of ether oxygens (including phenoxy) is 1. The molecule has 1 heterocycles. The number of pyridine rings is 1. The highest BCUT2D eigenvalue weighted by Gasteiger charge is 2.34. The van der Waals surface area contributed by atoms with E-state index in [0.29, 0.717) is 12.2 Å².